The van der Waals surface area contributed by atoms with E-state index in [0.29, 0.717) is 22.6 Å². The van der Waals surface area contributed by atoms with Crippen LogP contribution in [0.4, 0.5) is 8.78 Å². The van der Waals surface area contributed by atoms with Gasteiger partial charge >= 0.3 is 0 Å². The zero-order valence-electron chi connectivity index (χ0n) is 10.8. The van der Waals surface area contributed by atoms with Gasteiger partial charge in [0.25, 0.3) is 0 Å². The quantitative estimate of drug-likeness (QED) is 0.525. The number of oxime groups is 1. The number of nitrogens with zero attached hydrogens (tertiary/aromatic N) is 1. The summed E-state index contributed by atoms with van der Waals surface area (Å²) < 4.78 is 31.5. The Balaban J connectivity index is 2.17. The zero-order chi connectivity index (χ0) is 14.5. The molecule has 2 aromatic rings. The molecule has 0 bridgehead atoms. The van der Waals surface area contributed by atoms with E-state index in [4.69, 9.17) is 9.94 Å². The molecule has 2 rings (SSSR count). The molecule has 0 saturated carbocycles. The van der Waals surface area contributed by atoms with Crippen LogP contribution in [0.15, 0.2) is 47.6 Å². The summed E-state index contributed by atoms with van der Waals surface area (Å²) in [6, 6.07) is 10.6. The third-order valence-corrected chi connectivity index (χ3v) is 2.81. The summed E-state index contributed by atoms with van der Waals surface area (Å²) in [6.07, 6.45) is 0. The standard InChI is InChI=1S/C15H13F2NO2/c1-10(18-19)12-4-2-3-5-15(12)20-9-11-6-7-13(16)14(17)8-11/h2-8,19H,9H2,1H3/b18-10-. The summed E-state index contributed by atoms with van der Waals surface area (Å²) >= 11 is 0. The van der Waals surface area contributed by atoms with Gasteiger partial charge in [0.1, 0.15) is 12.4 Å². The second-order valence-electron chi connectivity index (χ2n) is 4.22. The molecular formula is C15H13F2NO2. The van der Waals surface area contributed by atoms with Crippen LogP contribution in [0, 0.1) is 11.6 Å². The van der Waals surface area contributed by atoms with Crippen LogP contribution < -0.4 is 4.74 Å². The topological polar surface area (TPSA) is 41.8 Å². The molecule has 0 radical (unpaired) electrons. The van der Waals surface area contributed by atoms with Crippen LogP contribution in [-0.2, 0) is 6.61 Å². The molecule has 0 unspecified atom stereocenters. The summed E-state index contributed by atoms with van der Waals surface area (Å²) in [5.41, 5.74) is 1.56. The number of benzene rings is 2. The maximum Gasteiger partial charge on any atom is 0.159 e. The molecule has 0 aliphatic rings. The highest BCUT2D eigenvalue weighted by Crippen LogP contribution is 2.20. The van der Waals surface area contributed by atoms with Gasteiger partial charge in [-0.2, -0.15) is 0 Å². The highest BCUT2D eigenvalue weighted by atomic mass is 19.2. The van der Waals surface area contributed by atoms with Crippen LogP contribution in [0.25, 0.3) is 0 Å². The van der Waals surface area contributed by atoms with E-state index in [1.54, 1.807) is 31.2 Å². The largest absolute Gasteiger partial charge is 0.488 e. The fraction of sp³-hybridized carbons (Fsp3) is 0.133. The lowest BCUT2D eigenvalue weighted by atomic mass is 10.1. The Kier molecular flexibility index (Phi) is 4.30. The van der Waals surface area contributed by atoms with Crippen molar-refractivity contribution in [1.29, 1.82) is 0 Å². The molecule has 20 heavy (non-hydrogen) atoms. The monoisotopic (exact) mass is 277 g/mol. The molecule has 0 saturated heterocycles. The summed E-state index contributed by atoms with van der Waals surface area (Å²) in [4.78, 5) is 0. The van der Waals surface area contributed by atoms with Crippen molar-refractivity contribution in [3.05, 3.63) is 65.2 Å². The number of ether oxygens (including phenoxy) is 1. The van der Waals surface area contributed by atoms with Crippen molar-refractivity contribution in [2.75, 3.05) is 0 Å². The van der Waals surface area contributed by atoms with E-state index < -0.39 is 11.6 Å². The predicted molar refractivity (Wildman–Crippen MR) is 71.1 cm³/mol. The number of hydrogen-bond donors (Lipinski definition) is 1. The number of halogens is 2. The van der Waals surface area contributed by atoms with Crippen LogP contribution in [0.1, 0.15) is 18.1 Å². The second-order valence-corrected chi connectivity index (χ2v) is 4.22. The van der Waals surface area contributed by atoms with Crippen molar-refractivity contribution in [1.82, 2.24) is 0 Å². The Labute approximate surface area is 115 Å². The number of hydrogen-bond acceptors (Lipinski definition) is 3. The van der Waals surface area contributed by atoms with Crippen molar-refractivity contribution in [2.24, 2.45) is 5.16 Å². The fourth-order valence-electron chi connectivity index (χ4n) is 1.74. The molecule has 0 aliphatic heterocycles. The highest BCUT2D eigenvalue weighted by molar-refractivity contribution is 6.00. The average molecular weight is 277 g/mol. The summed E-state index contributed by atoms with van der Waals surface area (Å²) in [5, 5.41) is 11.9. The van der Waals surface area contributed by atoms with Crippen LogP contribution in [0.3, 0.4) is 0 Å². The van der Waals surface area contributed by atoms with E-state index in [1.165, 1.54) is 6.07 Å². The van der Waals surface area contributed by atoms with Crippen molar-refractivity contribution in [2.45, 2.75) is 13.5 Å². The van der Waals surface area contributed by atoms with Crippen LogP contribution in [0.5, 0.6) is 5.75 Å². The van der Waals surface area contributed by atoms with Gasteiger partial charge in [0, 0.05) is 5.56 Å². The molecule has 0 heterocycles. The van der Waals surface area contributed by atoms with Gasteiger partial charge in [0.05, 0.1) is 5.71 Å². The summed E-state index contributed by atoms with van der Waals surface area (Å²) in [7, 11) is 0. The molecule has 5 heteroatoms. The average Bonchev–Trinajstić information content (AvgIpc) is 2.48. The predicted octanol–water partition coefficient (Wildman–Crippen LogP) is 3.74. The van der Waals surface area contributed by atoms with Gasteiger partial charge in [0.2, 0.25) is 0 Å². The Morgan fingerprint density at radius 1 is 1.15 bits per heavy atom. The van der Waals surface area contributed by atoms with E-state index in [1.807, 2.05) is 0 Å². The van der Waals surface area contributed by atoms with Gasteiger partial charge in [-0.3, -0.25) is 0 Å². The van der Waals surface area contributed by atoms with E-state index >= 15 is 0 Å². The van der Waals surface area contributed by atoms with Crippen molar-refractivity contribution in [3.8, 4) is 5.75 Å². The Morgan fingerprint density at radius 2 is 1.90 bits per heavy atom. The smallest absolute Gasteiger partial charge is 0.159 e. The summed E-state index contributed by atoms with van der Waals surface area (Å²) in [5.74, 6) is -1.29. The number of para-hydroxylation sites is 1. The molecule has 0 aliphatic carbocycles. The molecule has 0 amide bonds. The van der Waals surface area contributed by atoms with Gasteiger partial charge in [-0.05, 0) is 36.8 Å². The van der Waals surface area contributed by atoms with E-state index in [9.17, 15) is 8.78 Å². The summed E-state index contributed by atoms with van der Waals surface area (Å²) in [6.45, 7) is 1.73. The Bertz CT molecular complexity index is 642. The molecule has 2 aromatic carbocycles. The second kappa shape index (κ2) is 6.14. The van der Waals surface area contributed by atoms with Crippen LogP contribution in [0.2, 0.25) is 0 Å². The molecule has 0 atom stereocenters. The maximum atomic E-state index is 13.1. The van der Waals surface area contributed by atoms with Crippen LogP contribution in [-0.4, -0.2) is 10.9 Å². The first-order valence-electron chi connectivity index (χ1n) is 5.96. The van der Waals surface area contributed by atoms with Gasteiger partial charge in [-0.1, -0.05) is 23.4 Å². The zero-order valence-corrected chi connectivity index (χ0v) is 10.8. The SMILES string of the molecule is C/C(=N/O)c1ccccc1OCc1ccc(F)c(F)c1. The minimum atomic E-state index is -0.910. The first kappa shape index (κ1) is 14.0. The van der Waals surface area contributed by atoms with Crippen molar-refractivity contribution < 1.29 is 18.7 Å². The molecule has 0 fully saturated rings. The first-order chi connectivity index (χ1) is 9.61. The lowest BCUT2D eigenvalue weighted by molar-refractivity contribution is 0.302. The van der Waals surface area contributed by atoms with E-state index in [-0.39, 0.29) is 6.61 Å². The number of rotatable bonds is 4. The minimum absolute atomic E-state index is 0.0902. The van der Waals surface area contributed by atoms with E-state index in [2.05, 4.69) is 5.16 Å². The molecule has 1 N–H and O–H groups in total. The Morgan fingerprint density at radius 3 is 2.60 bits per heavy atom. The maximum absolute atomic E-state index is 13.1. The molecule has 3 nitrogen and oxygen atoms in total. The van der Waals surface area contributed by atoms with Crippen LogP contribution >= 0.6 is 0 Å². The lowest BCUT2D eigenvalue weighted by Crippen LogP contribution is -2.03. The Hall–Kier alpha value is -2.43. The van der Waals surface area contributed by atoms with Gasteiger partial charge in [0.15, 0.2) is 11.6 Å². The molecular weight excluding hydrogens is 264 g/mol. The van der Waals surface area contributed by atoms with Gasteiger partial charge in [-0.25, -0.2) is 8.78 Å². The van der Waals surface area contributed by atoms with Crippen molar-refractivity contribution >= 4 is 5.71 Å². The molecule has 0 aromatic heterocycles. The third kappa shape index (κ3) is 3.12. The normalized spacial score (nSPS) is 11.4. The third-order valence-electron chi connectivity index (χ3n) is 2.81. The van der Waals surface area contributed by atoms with Gasteiger partial charge < -0.3 is 9.94 Å². The van der Waals surface area contributed by atoms with E-state index in [0.717, 1.165) is 12.1 Å². The lowest BCUT2D eigenvalue weighted by Gasteiger charge is -2.10. The van der Waals surface area contributed by atoms with Gasteiger partial charge in [-0.15, -0.1) is 0 Å². The fourth-order valence-corrected chi connectivity index (χ4v) is 1.74. The molecule has 0 spiro atoms. The minimum Gasteiger partial charge on any atom is -0.488 e. The molecule has 104 valence electrons. The first-order valence-corrected chi connectivity index (χ1v) is 5.96. The van der Waals surface area contributed by atoms with Crippen molar-refractivity contribution in [3.63, 3.8) is 0 Å². The highest BCUT2D eigenvalue weighted by Gasteiger charge is 2.08.